The largest absolute Gasteiger partial charge is 0.496 e. The van der Waals surface area contributed by atoms with Crippen LogP contribution in [0.5, 0.6) is 11.5 Å². The Hall–Kier alpha value is -3.06. The first kappa shape index (κ1) is 19.7. The Labute approximate surface area is 164 Å². The van der Waals surface area contributed by atoms with Crippen LogP contribution in [0.2, 0.25) is 0 Å². The van der Waals surface area contributed by atoms with Crippen molar-refractivity contribution in [2.75, 3.05) is 38.7 Å². The molecule has 1 amide bonds. The topological polar surface area (TPSA) is 72.4 Å². The lowest BCUT2D eigenvalue weighted by Crippen LogP contribution is -2.32. The van der Waals surface area contributed by atoms with E-state index in [4.69, 9.17) is 14.2 Å². The van der Waals surface area contributed by atoms with Crippen molar-refractivity contribution in [3.63, 3.8) is 0 Å². The first-order chi connectivity index (χ1) is 13.6. The van der Waals surface area contributed by atoms with E-state index in [1.165, 1.54) is 6.92 Å². The molecule has 0 saturated carbocycles. The molecule has 7 nitrogen and oxygen atoms in total. The number of carbonyl (C=O) groups excluding carboxylic acids is 1. The third-order valence-electron chi connectivity index (χ3n) is 4.23. The van der Waals surface area contributed by atoms with E-state index < -0.39 is 0 Å². The molecule has 2 aromatic carbocycles. The molecule has 1 aliphatic rings. The summed E-state index contributed by atoms with van der Waals surface area (Å²) in [7, 11) is 1.64. The maximum absolute atomic E-state index is 11.1. The molecule has 28 heavy (non-hydrogen) atoms. The minimum absolute atomic E-state index is 0.103. The first-order valence-electron chi connectivity index (χ1n) is 9.18. The Bertz CT molecular complexity index is 815. The predicted octanol–water partition coefficient (Wildman–Crippen LogP) is 2.90. The number of ether oxygens (including phenoxy) is 3. The highest BCUT2D eigenvalue weighted by Crippen LogP contribution is 2.23. The molecule has 1 fully saturated rings. The van der Waals surface area contributed by atoms with Gasteiger partial charge in [0, 0.05) is 18.2 Å². The van der Waals surface area contributed by atoms with Gasteiger partial charge in [0.05, 0.1) is 39.6 Å². The summed E-state index contributed by atoms with van der Waals surface area (Å²) in [6.07, 6.45) is 1.84. The van der Waals surface area contributed by atoms with Crippen LogP contribution >= 0.6 is 0 Å². The number of rotatable bonds is 7. The standard InChI is InChI=1S/C21H25N3O4/c1-16(25)23-19-4-6-20(7-5-19)28-15-18-13-17(3-8-21(18)26-2)14-22-24-9-11-27-12-10-24/h3-8,13-14H,9-12,15H2,1-2H3,(H,23,25)/b22-14+. The van der Waals surface area contributed by atoms with Crippen LogP contribution in [-0.4, -0.2) is 50.5 Å². The molecule has 0 atom stereocenters. The van der Waals surface area contributed by atoms with Gasteiger partial charge in [-0.2, -0.15) is 5.10 Å². The summed E-state index contributed by atoms with van der Waals surface area (Å²) in [5.74, 6) is 1.37. The summed E-state index contributed by atoms with van der Waals surface area (Å²) in [6.45, 7) is 4.86. The van der Waals surface area contributed by atoms with Crippen LogP contribution in [0.15, 0.2) is 47.6 Å². The lowest BCUT2D eigenvalue weighted by Gasteiger charge is -2.23. The quantitative estimate of drug-likeness (QED) is 0.745. The van der Waals surface area contributed by atoms with E-state index in [2.05, 4.69) is 10.4 Å². The van der Waals surface area contributed by atoms with E-state index in [-0.39, 0.29) is 5.91 Å². The van der Waals surface area contributed by atoms with Gasteiger partial charge in [0.2, 0.25) is 5.91 Å². The number of nitrogens with zero attached hydrogens (tertiary/aromatic N) is 2. The average Bonchev–Trinajstić information content (AvgIpc) is 2.72. The number of nitrogens with one attached hydrogen (secondary N) is 1. The van der Waals surface area contributed by atoms with Crippen molar-refractivity contribution in [2.45, 2.75) is 13.5 Å². The molecule has 2 aromatic rings. The monoisotopic (exact) mass is 383 g/mol. The van der Waals surface area contributed by atoms with Crippen LogP contribution in [0.3, 0.4) is 0 Å². The predicted molar refractivity (Wildman–Crippen MR) is 108 cm³/mol. The fourth-order valence-corrected chi connectivity index (χ4v) is 2.81. The number of methoxy groups -OCH3 is 1. The van der Waals surface area contributed by atoms with Crippen molar-refractivity contribution in [3.05, 3.63) is 53.6 Å². The SMILES string of the molecule is COc1ccc(/C=N/N2CCOCC2)cc1COc1ccc(NC(C)=O)cc1. The van der Waals surface area contributed by atoms with Crippen LogP contribution in [-0.2, 0) is 16.1 Å². The highest BCUT2D eigenvalue weighted by molar-refractivity contribution is 5.88. The Morgan fingerprint density at radius 2 is 1.96 bits per heavy atom. The molecule has 0 unspecified atom stereocenters. The molecule has 0 aliphatic carbocycles. The number of anilines is 1. The lowest BCUT2D eigenvalue weighted by molar-refractivity contribution is -0.114. The van der Waals surface area contributed by atoms with Crippen molar-refractivity contribution in [1.29, 1.82) is 0 Å². The molecule has 0 bridgehead atoms. The normalized spacial score (nSPS) is 14.1. The van der Waals surface area contributed by atoms with Crippen LogP contribution in [0.25, 0.3) is 0 Å². The van der Waals surface area contributed by atoms with Crippen LogP contribution in [0, 0.1) is 0 Å². The maximum atomic E-state index is 11.1. The van der Waals surface area contributed by atoms with E-state index in [1.807, 2.05) is 41.6 Å². The van der Waals surface area contributed by atoms with E-state index in [9.17, 15) is 4.79 Å². The molecule has 3 rings (SSSR count). The van der Waals surface area contributed by atoms with Crippen molar-refractivity contribution in [2.24, 2.45) is 5.10 Å². The van der Waals surface area contributed by atoms with Gasteiger partial charge >= 0.3 is 0 Å². The lowest BCUT2D eigenvalue weighted by atomic mass is 10.1. The minimum atomic E-state index is -0.103. The van der Waals surface area contributed by atoms with Crippen molar-refractivity contribution in [3.8, 4) is 11.5 Å². The Morgan fingerprint density at radius 3 is 2.64 bits per heavy atom. The highest BCUT2D eigenvalue weighted by Gasteiger charge is 2.08. The highest BCUT2D eigenvalue weighted by atomic mass is 16.5. The Kier molecular flexibility index (Phi) is 6.86. The Balaban J connectivity index is 1.64. The minimum Gasteiger partial charge on any atom is -0.496 e. The van der Waals surface area contributed by atoms with E-state index in [0.717, 1.165) is 35.7 Å². The fraction of sp³-hybridized carbons (Fsp3) is 0.333. The molecule has 1 N–H and O–H groups in total. The van der Waals surface area contributed by atoms with Gasteiger partial charge in [0.1, 0.15) is 18.1 Å². The average molecular weight is 383 g/mol. The summed E-state index contributed by atoms with van der Waals surface area (Å²) in [6, 6.07) is 13.1. The second-order valence-electron chi connectivity index (χ2n) is 6.38. The number of hydrogen-bond donors (Lipinski definition) is 1. The van der Waals surface area contributed by atoms with Gasteiger partial charge in [-0.3, -0.25) is 9.80 Å². The smallest absolute Gasteiger partial charge is 0.221 e. The molecular formula is C21H25N3O4. The second kappa shape index (κ2) is 9.75. The van der Waals surface area contributed by atoms with Gasteiger partial charge in [0.25, 0.3) is 0 Å². The molecule has 0 radical (unpaired) electrons. The molecule has 0 spiro atoms. The van der Waals surface area contributed by atoms with E-state index in [1.54, 1.807) is 19.2 Å². The van der Waals surface area contributed by atoms with Crippen LogP contribution < -0.4 is 14.8 Å². The first-order valence-corrected chi connectivity index (χ1v) is 9.18. The third-order valence-corrected chi connectivity index (χ3v) is 4.23. The Morgan fingerprint density at radius 1 is 1.21 bits per heavy atom. The number of amides is 1. The number of carbonyl (C=O) groups is 1. The van der Waals surface area contributed by atoms with Gasteiger partial charge in [-0.15, -0.1) is 0 Å². The summed E-state index contributed by atoms with van der Waals surface area (Å²) >= 11 is 0. The zero-order chi connectivity index (χ0) is 19.8. The fourth-order valence-electron chi connectivity index (χ4n) is 2.81. The molecule has 1 heterocycles. The molecule has 7 heteroatoms. The number of hydrogen-bond acceptors (Lipinski definition) is 6. The number of hydrazone groups is 1. The van der Waals surface area contributed by atoms with Gasteiger partial charge < -0.3 is 19.5 Å². The zero-order valence-corrected chi connectivity index (χ0v) is 16.2. The summed E-state index contributed by atoms with van der Waals surface area (Å²) < 4.78 is 16.7. The maximum Gasteiger partial charge on any atom is 0.221 e. The zero-order valence-electron chi connectivity index (χ0n) is 16.2. The van der Waals surface area contributed by atoms with Gasteiger partial charge in [-0.25, -0.2) is 0 Å². The number of morpholine rings is 1. The molecule has 148 valence electrons. The van der Waals surface area contributed by atoms with E-state index in [0.29, 0.717) is 25.6 Å². The second-order valence-corrected chi connectivity index (χ2v) is 6.38. The summed E-state index contributed by atoms with van der Waals surface area (Å²) in [5.41, 5.74) is 2.64. The third kappa shape index (κ3) is 5.72. The number of benzene rings is 2. The van der Waals surface area contributed by atoms with Crippen molar-refractivity contribution in [1.82, 2.24) is 5.01 Å². The molecule has 0 aromatic heterocycles. The molecule has 1 aliphatic heterocycles. The van der Waals surface area contributed by atoms with Gasteiger partial charge in [-0.05, 0) is 48.0 Å². The van der Waals surface area contributed by atoms with Gasteiger partial charge in [-0.1, -0.05) is 0 Å². The van der Waals surface area contributed by atoms with Crippen molar-refractivity contribution < 1.29 is 19.0 Å². The van der Waals surface area contributed by atoms with Crippen LogP contribution in [0.4, 0.5) is 5.69 Å². The molecule has 1 saturated heterocycles. The van der Waals surface area contributed by atoms with Gasteiger partial charge in [0.15, 0.2) is 0 Å². The van der Waals surface area contributed by atoms with E-state index >= 15 is 0 Å². The molecular weight excluding hydrogens is 358 g/mol. The van der Waals surface area contributed by atoms with Crippen LogP contribution in [0.1, 0.15) is 18.1 Å². The van der Waals surface area contributed by atoms with Crippen molar-refractivity contribution >= 4 is 17.8 Å². The summed E-state index contributed by atoms with van der Waals surface area (Å²) in [5, 5.41) is 9.25. The summed E-state index contributed by atoms with van der Waals surface area (Å²) in [4.78, 5) is 11.1.